The van der Waals surface area contributed by atoms with E-state index >= 15 is 0 Å². The number of nitrogen functional groups attached to an aromatic ring is 1. The number of hydrogen-bond acceptors (Lipinski definition) is 7. The number of amides is 1. The first kappa shape index (κ1) is 18.0. The van der Waals surface area contributed by atoms with Crippen LogP contribution in [0, 0.1) is 0 Å². The Morgan fingerprint density at radius 2 is 1.87 bits per heavy atom. The Balaban J connectivity index is 1.31. The Morgan fingerprint density at radius 3 is 2.81 bits per heavy atom. The van der Waals surface area contributed by atoms with Crippen LogP contribution in [-0.2, 0) is 6.42 Å². The Hall–Kier alpha value is -3.78. The summed E-state index contributed by atoms with van der Waals surface area (Å²) in [7, 11) is 0. The first-order valence-electron chi connectivity index (χ1n) is 9.82. The number of hydrogen-bond donors (Lipinski definition) is 2. The Morgan fingerprint density at radius 1 is 1.00 bits per heavy atom. The van der Waals surface area contributed by atoms with Crippen molar-refractivity contribution in [1.82, 2.24) is 4.98 Å². The highest BCUT2D eigenvalue weighted by molar-refractivity contribution is 7.21. The van der Waals surface area contributed by atoms with Crippen LogP contribution < -0.4 is 25.3 Å². The van der Waals surface area contributed by atoms with E-state index in [1.165, 1.54) is 11.3 Å². The molecule has 154 valence electrons. The van der Waals surface area contributed by atoms with E-state index in [9.17, 15) is 4.79 Å². The predicted molar refractivity (Wildman–Crippen MR) is 119 cm³/mol. The molecule has 6 rings (SSSR count). The summed E-state index contributed by atoms with van der Waals surface area (Å²) in [6, 6.07) is 15.2. The fourth-order valence-electron chi connectivity index (χ4n) is 3.83. The highest BCUT2D eigenvalue weighted by Crippen LogP contribution is 2.38. The molecule has 4 heterocycles. The molecule has 2 aliphatic heterocycles. The molecule has 3 N–H and O–H groups in total. The van der Waals surface area contributed by atoms with E-state index in [4.69, 9.17) is 24.9 Å². The van der Waals surface area contributed by atoms with Crippen LogP contribution in [0.15, 0.2) is 48.5 Å². The quantitative estimate of drug-likeness (QED) is 0.497. The van der Waals surface area contributed by atoms with E-state index in [1.54, 1.807) is 0 Å². The summed E-state index contributed by atoms with van der Waals surface area (Å²) in [6.07, 6.45) is 0.844. The van der Waals surface area contributed by atoms with Crippen LogP contribution in [0.4, 0.5) is 11.4 Å². The van der Waals surface area contributed by atoms with Crippen LogP contribution in [0.1, 0.15) is 15.2 Å². The number of benzene rings is 2. The Kier molecular flexibility index (Phi) is 4.00. The molecular formula is C23H17N3O4S. The van der Waals surface area contributed by atoms with Gasteiger partial charge in [-0.15, -0.1) is 11.3 Å². The molecule has 0 unspecified atom stereocenters. The third kappa shape index (κ3) is 3.03. The third-order valence-electron chi connectivity index (χ3n) is 5.42. The lowest BCUT2D eigenvalue weighted by atomic mass is 10.1. The molecule has 1 amide bonds. The normalized spacial score (nSPS) is 13.8. The van der Waals surface area contributed by atoms with Crippen LogP contribution in [0.25, 0.3) is 21.5 Å². The minimum atomic E-state index is -0.246. The monoisotopic (exact) mass is 431 g/mol. The molecule has 31 heavy (non-hydrogen) atoms. The lowest BCUT2D eigenvalue weighted by Crippen LogP contribution is -2.12. The van der Waals surface area contributed by atoms with Crippen molar-refractivity contribution in [3.63, 3.8) is 0 Å². The number of carbonyl (C=O) groups excluding carboxylic acids is 1. The van der Waals surface area contributed by atoms with Gasteiger partial charge in [0.2, 0.25) is 6.79 Å². The Labute approximate surface area is 181 Å². The first-order chi connectivity index (χ1) is 15.2. The zero-order chi connectivity index (χ0) is 20.9. The molecule has 0 bridgehead atoms. The molecule has 4 aromatic rings. The van der Waals surface area contributed by atoms with Gasteiger partial charge in [0.1, 0.15) is 15.5 Å². The van der Waals surface area contributed by atoms with E-state index in [2.05, 4.69) is 5.32 Å². The molecule has 0 radical (unpaired) electrons. The highest BCUT2D eigenvalue weighted by atomic mass is 32.1. The summed E-state index contributed by atoms with van der Waals surface area (Å²) in [6.45, 7) is 0.899. The first-order valence-corrected chi connectivity index (χ1v) is 10.6. The maximum absolute atomic E-state index is 12.9. The smallest absolute Gasteiger partial charge is 0.267 e. The van der Waals surface area contributed by atoms with E-state index in [1.807, 2.05) is 48.5 Å². The number of nitrogens with zero attached hydrogens (tertiary/aromatic N) is 1. The number of thiophene rings is 1. The van der Waals surface area contributed by atoms with E-state index in [0.29, 0.717) is 27.8 Å². The number of ether oxygens (including phenoxy) is 3. The number of pyridine rings is 1. The SMILES string of the molecule is Nc1c(C(=O)Nc2ccc3c(c2)CCO3)sc2nc(-c3ccc4c(c3)OCO4)ccc12. The van der Waals surface area contributed by atoms with Gasteiger partial charge in [0.05, 0.1) is 18.0 Å². The number of fused-ring (bicyclic) bond motifs is 3. The average molecular weight is 431 g/mol. The minimum absolute atomic E-state index is 0.225. The van der Waals surface area contributed by atoms with Crippen LogP contribution >= 0.6 is 11.3 Å². The number of anilines is 2. The van der Waals surface area contributed by atoms with Crippen molar-refractivity contribution < 1.29 is 19.0 Å². The van der Waals surface area contributed by atoms with Crippen molar-refractivity contribution in [2.75, 3.05) is 24.5 Å². The lowest BCUT2D eigenvalue weighted by molar-refractivity contribution is 0.103. The molecule has 0 aliphatic carbocycles. The third-order valence-corrected chi connectivity index (χ3v) is 6.53. The largest absolute Gasteiger partial charge is 0.493 e. The lowest BCUT2D eigenvalue weighted by Gasteiger charge is -2.06. The van der Waals surface area contributed by atoms with Crippen LogP contribution in [-0.4, -0.2) is 24.3 Å². The van der Waals surface area contributed by atoms with E-state index < -0.39 is 0 Å². The molecule has 0 saturated carbocycles. The second-order valence-corrected chi connectivity index (χ2v) is 8.34. The van der Waals surface area contributed by atoms with Crippen LogP contribution in [0.5, 0.6) is 17.2 Å². The zero-order valence-electron chi connectivity index (χ0n) is 16.3. The molecular weight excluding hydrogens is 414 g/mol. The maximum Gasteiger partial charge on any atom is 0.267 e. The Bertz CT molecular complexity index is 1360. The van der Waals surface area contributed by atoms with E-state index in [-0.39, 0.29) is 12.7 Å². The summed E-state index contributed by atoms with van der Waals surface area (Å²) in [5.41, 5.74) is 10.2. The van der Waals surface area contributed by atoms with Gasteiger partial charge in [0.15, 0.2) is 11.5 Å². The molecule has 2 aromatic carbocycles. The summed E-state index contributed by atoms with van der Waals surface area (Å²) >= 11 is 1.28. The van der Waals surface area contributed by atoms with Gasteiger partial charge < -0.3 is 25.3 Å². The van der Waals surface area contributed by atoms with Gasteiger partial charge >= 0.3 is 0 Å². The van der Waals surface area contributed by atoms with E-state index in [0.717, 1.165) is 45.8 Å². The van der Waals surface area contributed by atoms with Crippen molar-refractivity contribution in [1.29, 1.82) is 0 Å². The van der Waals surface area contributed by atoms with Crippen molar-refractivity contribution in [2.45, 2.75) is 6.42 Å². The molecule has 0 saturated heterocycles. The van der Waals surface area contributed by atoms with Crippen LogP contribution in [0.2, 0.25) is 0 Å². The van der Waals surface area contributed by atoms with Crippen molar-refractivity contribution in [2.24, 2.45) is 0 Å². The van der Waals surface area contributed by atoms with Gasteiger partial charge in [-0.25, -0.2) is 4.98 Å². The standard InChI is InChI=1S/C23H17N3O4S/c24-20-15-3-4-16(12-1-5-18-19(10-12)30-11-29-18)26-23(15)31-21(20)22(27)25-14-2-6-17-13(9-14)7-8-28-17/h1-6,9-10H,7-8,11,24H2,(H,25,27). The minimum Gasteiger partial charge on any atom is -0.493 e. The summed E-state index contributed by atoms with van der Waals surface area (Å²) < 4.78 is 16.3. The molecule has 0 atom stereocenters. The second-order valence-electron chi connectivity index (χ2n) is 7.34. The topological polar surface area (TPSA) is 95.7 Å². The second kappa shape index (κ2) is 6.88. The maximum atomic E-state index is 12.9. The number of aromatic nitrogens is 1. The number of rotatable bonds is 3. The number of nitrogens with one attached hydrogen (secondary N) is 1. The van der Waals surface area contributed by atoms with Gasteiger partial charge in [-0.05, 0) is 54.1 Å². The van der Waals surface area contributed by atoms with Gasteiger partial charge in [0, 0.05) is 23.1 Å². The molecule has 0 fully saturated rings. The van der Waals surface area contributed by atoms with Crippen LogP contribution in [0.3, 0.4) is 0 Å². The summed E-state index contributed by atoms with van der Waals surface area (Å²) in [4.78, 5) is 18.8. The van der Waals surface area contributed by atoms with Gasteiger partial charge in [-0.1, -0.05) is 0 Å². The van der Waals surface area contributed by atoms with Crippen molar-refractivity contribution >= 4 is 38.8 Å². The highest BCUT2D eigenvalue weighted by Gasteiger charge is 2.20. The molecule has 8 heteroatoms. The van der Waals surface area contributed by atoms with Crippen molar-refractivity contribution in [3.8, 4) is 28.5 Å². The molecule has 2 aromatic heterocycles. The summed E-state index contributed by atoms with van der Waals surface area (Å²) in [5.74, 6) is 2.05. The number of nitrogens with two attached hydrogens (primary N) is 1. The average Bonchev–Trinajstić information content (AvgIpc) is 3.51. The van der Waals surface area contributed by atoms with Gasteiger partial charge in [-0.3, -0.25) is 4.79 Å². The van der Waals surface area contributed by atoms with Crippen molar-refractivity contribution in [3.05, 3.63) is 59.0 Å². The molecule has 7 nitrogen and oxygen atoms in total. The van der Waals surface area contributed by atoms with Gasteiger partial charge in [0.25, 0.3) is 5.91 Å². The molecule has 0 spiro atoms. The fourth-order valence-corrected chi connectivity index (χ4v) is 4.82. The van der Waals surface area contributed by atoms with Gasteiger partial charge in [-0.2, -0.15) is 0 Å². The summed E-state index contributed by atoms with van der Waals surface area (Å²) in [5, 5.41) is 3.71. The molecule has 2 aliphatic rings. The predicted octanol–water partition coefficient (Wildman–Crippen LogP) is 4.46. The number of carbonyl (C=O) groups is 1. The zero-order valence-corrected chi connectivity index (χ0v) is 17.1. The fraction of sp³-hybridized carbons (Fsp3) is 0.130.